The molecule has 3 aliphatic rings. The van der Waals surface area contributed by atoms with E-state index in [4.69, 9.17) is 9.47 Å². The summed E-state index contributed by atoms with van der Waals surface area (Å²) in [5, 5.41) is 0. The lowest BCUT2D eigenvalue weighted by Gasteiger charge is -2.22. The van der Waals surface area contributed by atoms with Crippen molar-refractivity contribution >= 4 is 17.6 Å². The van der Waals surface area contributed by atoms with Gasteiger partial charge in [0.25, 0.3) is 0 Å². The molecular weight excluding hydrogens is 306 g/mol. The molecule has 24 heavy (non-hydrogen) atoms. The van der Waals surface area contributed by atoms with Crippen molar-refractivity contribution in [1.82, 2.24) is 0 Å². The molecule has 0 N–H and O–H groups in total. The first-order valence-electron chi connectivity index (χ1n) is 8.54. The van der Waals surface area contributed by atoms with Gasteiger partial charge in [-0.15, -0.1) is 0 Å². The van der Waals surface area contributed by atoms with Gasteiger partial charge < -0.3 is 14.4 Å². The summed E-state index contributed by atoms with van der Waals surface area (Å²) in [6.45, 7) is 4.63. The van der Waals surface area contributed by atoms with Crippen molar-refractivity contribution in [1.29, 1.82) is 0 Å². The maximum Gasteiger partial charge on any atom is 0.312 e. The predicted molar refractivity (Wildman–Crippen MR) is 88.5 cm³/mol. The number of benzene rings is 1. The van der Waals surface area contributed by atoms with Crippen molar-refractivity contribution in [3.63, 3.8) is 0 Å². The zero-order valence-corrected chi connectivity index (χ0v) is 13.9. The molecule has 0 radical (unpaired) electrons. The number of carbonyl (C=O) groups is 2. The smallest absolute Gasteiger partial charge is 0.312 e. The zero-order valence-electron chi connectivity index (χ0n) is 13.9. The van der Waals surface area contributed by atoms with Crippen molar-refractivity contribution in [3.05, 3.63) is 42.0 Å². The van der Waals surface area contributed by atoms with E-state index < -0.39 is 17.4 Å². The summed E-state index contributed by atoms with van der Waals surface area (Å²) in [5.74, 6) is -1.42. The van der Waals surface area contributed by atoms with E-state index in [1.807, 2.05) is 36.4 Å². The van der Waals surface area contributed by atoms with Crippen molar-refractivity contribution in [2.75, 3.05) is 18.1 Å². The van der Waals surface area contributed by atoms with Gasteiger partial charge >= 0.3 is 5.97 Å². The third kappa shape index (κ3) is 2.04. The molecule has 3 aliphatic heterocycles. The van der Waals surface area contributed by atoms with Crippen molar-refractivity contribution < 1.29 is 19.1 Å². The minimum Gasteiger partial charge on any atom is -0.466 e. The number of nitrogens with zero attached hydrogens (tertiary/aromatic N) is 1. The largest absolute Gasteiger partial charge is 0.466 e. The third-order valence-corrected chi connectivity index (χ3v) is 5.32. The Bertz CT molecular complexity index is 711. The van der Waals surface area contributed by atoms with E-state index in [1.165, 1.54) is 5.56 Å². The highest BCUT2D eigenvalue weighted by molar-refractivity contribution is 6.02. The molecule has 4 rings (SSSR count). The Kier molecular flexibility index (Phi) is 3.49. The van der Waals surface area contributed by atoms with Crippen molar-refractivity contribution in [2.24, 2.45) is 11.8 Å². The first-order chi connectivity index (χ1) is 11.6. The van der Waals surface area contributed by atoms with Gasteiger partial charge in [-0.05, 0) is 31.0 Å². The number of amides is 1. The number of fused-ring (bicyclic) bond motifs is 1. The number of ether oxygens (including phenoxy) is 2. The first kappa shape index (κ1) is 15.4. The molecule has 0 saturated carbocycles. The molecule has 1 aromatic carbocycles. The van der Waals surface area contributed by atoms with Crippen LogP contribution >= 0.6 is 0 Å². The molecule has 2 saturated heterocycles. The fourth-order valence-corrected chi connectivity index (χ4v) is 4.14. The van der Waals surface area contributed by atoms with Crippen LogP contribution in [0.2, 0.25) is 0 Å². The van der Waals surface area contributed by atoms with Crippen LogP contribution in [0.1, 0.15) is 19.4 Å². The van der Waals surface area contributed by atoms with Gasteiger partial charge in [-0.25, -0.2) is 0 Å². The molecule has 5 nitrogen and oxygen atoms in total. The van der Waals surface area contributed by atoms with Crippen molar-refractivity contribution in [3.8, 4) is 0 Å². The number of carbonyl (C=O) groups excluding carboxylic acids is 2. The predicted octanol–water partition coefficient (Wildman–Crippen LogP) is 2.10. The average Bonchev–Trinajstić information content (AvgIpc) is 3.23. The SMILES string of the molecule is CCOC(=O)[C@H]1[C@H]2C=CC3(CN(c4ccc(CC)cc4)C(=O)[C@@H]13)O2. The highest BCUT2D eigenvalue weighted by Crippen LogP contribution is 2.52. The van der Waals surface area contributed by atoms with Crippen LogP contribution in [0, 0.1) is 11.8 Å². The molecule has 126 valence electrons. The standard InChI is InChI=1S/C19H21NO4/c1-3-12-5-7-13(8-6-12)20-11-19-10-9-14(24-19)15(16(19)17(20)21)18(22)23-4-2/h5-10,14-16H,3-4,11H2,1-2H3/t14-,15+,16-,19?/m1/s1. The molecule has 1 unspecified atom stereocenters. The quantitative estimate of drug-likeness (QED) is 0.628. The van der Waals surface area contributed by atoms with Crippen LogP contribution in [0.4, 0.5) is 5.69 Å². The number of rotatable bonds is 4. The maximum atomic E-state index is 13.0. The van der Waals surface area contributed by atoms with Crippen molar-refractivity contribution in [2.45, 2.75) is 32.0 Å². The molecule has 2 bridgehead atoms. The monoisotopic (exact) mass is 327 g/mol. The summed E-state index contributed by atoms with van der Waals surface area (Å²) in [7, 11) is 0. The molecular formula is C19H21NO4. The van der Waals surface area contributed by atoms with E-state index in [0.29, 0.717) is 13.2 Å². The topological polar surface area (TPSA) is 55.8 Å². The second-order valence-corrected chi connectivity index (χ2v) is 6.60. The van der Waals surface area contributed by atoms with E-state index in [2.05, 4.69) is 6.92 Å². The molecule has 2 fully saturated rings. The van der Waals surface area contributed by atoms with Gasteiger partial charge in [-0.1, -0.05) is 31.2 Å². The normalized spacial score (nSPS) is 33.2. The maximum absolute atomic E-state index is 13.0. The number of aryl methyl sites for hydroxylation is 1. The second-order valence-electron chi connectivity index (χ2n) is 6.60. The van der Waals surface area contributed by atoms with Gasteiger partial charge in [0.1, 0.15) is 11.5 Å². The van der Waals surface area contributed by atoms with E-state index >= 15 is 0 Å². The second kappa shape index (κ2) is 5.45. The van der Waals surface area contributed by atoms with Crippen LogP contribution in [0.25, 0.3) is 0 Å². The lowest BCUT2D eigenvalue weighted by Crippen LogP contribution is -2.40. The van der Waals surface area contributed by atoms with Gasteiger partial charge in [0.05, 0.1) is 25.2 Å². The van der Waals surface area contributed by atoms with Gasteiger partial charge in [-0.2, -0.15) is 0 Å². The zero-order chi connectivity index (χ0) is 16.9. The highest BCUT2D eigenvalue weighted by Gasteiger charge is 2.67. The minimum absolute atomic E-state index is 0.0517. The fourth-order valence-electron chi connectivity index (χ4n) is 4.14. The van der Waals surface area contributed by atoms with E-state index in [0.717, 1.165) is 12.1 Å². The van der Waals surface area contributed by atoms with Crippen LogP contribution in [-0.4, -0.2) is 36.7 Å². The highest BCUT2D eigenvalue weighted by atomic mass is 16.6. The molecule has 0 aliphatic carbocycles. The fraction of sp³-hybridized carbons (Fsp3) is 0.474. The number of hydrogen-bond acceptors (Lipinski definition) is 4. The summed E-state index contributed by atoms with van der Waals surface area (Å²) in [4.78, 5) is 27.1. The van der Waals surface area contributed by atoms with Crippen LogP contribution in [0.15, 0.2) is 36.4 Å². The average molecular weight is 327 g/mol. The Morgan fingerprint density at radius 2 is 2.08 bits per heavy atom. The Morgan fingerprint density at radius 1 is 1.33 bits per heavy atom. The lowest BCUT2D eigenvalue weighted by atomic mass is 9.77. The van der Waals surface area contributed by atoms with Crippen LogP contribution in [0.3, 0.4) is 0 Å². The summed E-state index contributed by atoms with van der Waals surface area (Å²) in [6.07, 6.45) is 4.47. The summed E-state index contributed by atoms with van der Waals surface area (Å²) < 4.78 is 11.2. The van der Waals surface area contributed by atoms with Crippen LogP contribution in [0.5, 0.6) is 0 Å². The molecule has 1 spiro atoms. The van der Waals surface area contributed by atoms with Crippen LogP contribution < -0.4 is 4.90 Å². The summed E-state index contributed by atoms with van der Waals surface area (Å²) in [5.41, 5.74) is 1.39. The van der Waals surface area contributed by atoms with E-state index in [9.17, 15) is 9.59 Å². The van der Waals surface area contributed by atoms with Gasteiger partial charge in [0.15, 0.2) is 0 Å². The molecule has 1 amide bonds. The molecule has 0 aromatic heterocycles. The Hall–Kier alpha value is -2.14. The molecule has 1 aromatic rings. The van der Waals surface area contributed by atoms with Crippen LogP contribution in [-0.2, 0) is 25.5 Å². The Morgan fingerprint density at radius 3 is 2.75 bits per heavy atom. The Labute approximate surface area is 141 Å². The Balaban J connectivity index is 1.65. The lowest BCUT2D eigenvalue weighted by molar-refractivity contribution is -0.151. The van der Waals surface area contributed by atoms with E-state index in [1.54, 1.807) is 11.8 Å². The molecule has 4 atom stereocenters. The first-order valence-corrected chi connectivity index (χ1v) is 8.54. The van der Waals surface area contributed by atoms with Gasteiger partial charge in [0, 0.05) is 5.69 Å². The number of esters is 1. The minimum atomic E-state index is -0.692. The number of anilines is 1. The molecule has 3 heterocycles. The third-order valence-electron chi connectivity index (χ3n) is 5.32. The summed E-state index contributed by atoms with van der Waals surface area (Å²) >= 11 is 0. The summed E-state index contributed by atoms with van der Waals surface area (Å²) in [6, 6.07) is 7.99. The molecule has 5 heteroatoms. The van der Waals surface area contributed by atoms with Gasteiger partial charge in [-0.3, -0.25) is 9.59 Å². The number of hydrogen-bond donors (Lipinski definition) is 0. The van der Waals surface area contributed by atoms with Gasteiger partial charge in [0.2, 0.25) is 5.91 Å². The van der Waals surface area contributed by atoms with E-state index in [-0.39, 0.29) is 18.0 Å².